The fourth-order valence-corrected chi connectivity index (χ4v) is 2.45. The van der Waals surface area contributed by atoms with Gasteiger partial charge < -0.3 is 10.1 Å². The Morgan fingerprint density at radius 3 is 3.00 bits per heavy atom. The molecule has 1 saturated heterocycles. The first-order valence-corrected chi connectivity index (χ1v) is 6.02. The maximum Gasteiger partial charge on any atom is 0.0865 e. The van der Waals surface area contributed by atoms with Gasteiger partial charge >= 0.3 is 0 Å². The highest BCUT2D eigenvalue weighted by atomic mass is 16.5. The number of hydrogen-bond acceptors (Lipinski definition) is 3. The lowest BCUT2D eigenvalue weighted by Gasteiger charge is -2.32. The minimum Gasteiger partial charge on any atom is -0.373 e. The summed E-state index contributed by atoms with van der Waals surface area (Å²) in [6.07, 6.45) is 4.23. The smallest absolute Gasteiger partial charge is 0.0865 e. The minimum atomic E-state index is -0.107. The molecule has 0 spiro atoms. The van der Waals surface area contributed by atoms with Crippen molar-refractivity contribution >= 4 is 0 Å². The summed E-state index contributed by atoms with van der Waals surface area (Å²) >= 11 is 0. The van der Waals surface area contributed by atoms with Crippen molar-refractivity contribution in [1.82, 2.24) is 15.1 Å². The molecule has 0 amide bonds. The van der Waals surface area contributed by atoms with E-state index < -0.39 is 0 Å². The number of ether oxygens (including phenoxy) is 1. The van der Waals surface area contributed by atoms with Gasteiger partial charge in [-0.3, -0.25) is 4.68 Å². The molecule has 1 fully saturated rings. The highest BCUT2D eigenvalue weighted by Gasteiger charge is 2.39. The lowest BCUT2D eigenvalue weighted by molar-refractivity contribution is -0.0133. The third-order valence-corrected chi connectivity index (χ3v) is 3.30. The molecule has 16 heavy (non-hydrogen) atoms. The number of nitrogens with one attached hydrogen (secondary N) is 1. The van der Waals surface area contributed by atoms with Crippen LogP contribution in [0.3, 0.4) is 0 Å². The van der Waals surface area contributed by atoms with Crippen LogP contribution in [0.5, 0.6) is 0 Å². The summed E-state index contributed by atoms with van der Waals surface area (Å²) in [7, 11) is 1.95. The van der Waals surface area contributed by atoms with E-state index in [0.717, 1.165) is 31.7 Å². The summed E-state index contributed by atoms with van der Waals surface area (Å²) < 4.78 is 7.75. The average Bonchev–Trinajstić information content (AvgIpc) is 2.85. The molecule has 0 radical (unpaired) electrons. The van der Waals surface area contributed by atoms with Crippen molar-refractivity contribution in [2.75, 3.05) is 13.2 Å². The van der Waals surface area contributed by atoms with Crippen LogP contribution in [-0.4, -0.2) is 28.5 Å². The van der Waals surface area contributed by atoms with E-state index in [4.69, 9.17) is 4.74 Å². The number of aryl methyl sites for hydroxylation is 1. The Morgan fingerprint density at radius 1 is 1.69 bits per heavy atom. The van der Waals surface area contributed by atoms with Crippen molar-refractivity contribution in [3.8, 4) is 0 Å². The summed E-state index contributed by atoms with van der Waals surface area (Å²) in [6.45, 7) is 6.10. The lowest BCUT2D eigenvalue weighted by atomic mass is 9.91. The summed E-state index contributed by atoms with van der Waals surface area (Å²) in [5, 5.41) is 7.99. The molecule has 0 aromatic carbocycles. The van der Waals surface area contributed by atoms with Crippen molar-refractivity contribution in [2.24, 2.45) is 7.05 Å². The SMILES string of the molecule is CCNC(c1ccn(C)n1)C1(C)CCCO1. The quantitative estimate of drug-likeness (QED) is 0.843. The predicted octanol–water partition coefficient (Wildman–Crippen LogP) is 1.64. The van der Waals surface area contributed by atoms with Crippen molar-refractivity contribution in [2.45, 2.75) is 38.3 Å². The zero-order valence-electron chi connectivity index (χ0n) is 10.4. The topological polar surface area (TPSA) is 39.1 Å². The van der Waals surface area contributed by atoms with Crippen LogP contribution in [-0.2, 0) is 11.8 Å². The first-order valence-electron chi connectivity index (χ1n) is 6.02. The van der Waals surface area contributed by atoms with Gasteiger partial charge in [0.05, 0.1) is 17.3 Å². The van der Waals surface area contributed by atoms with Gasteiger partial charge in [-0.25, -0.2) is 0 Å². The molecular weight excluding hydrogens is 202 g/mol. The van der Waals surface area contributed by atoms with Gasteiger partial charge in [0.2, 0.25) is 0 Å². The maximum atomic E-state index is 5.91. The van der Waals surface area contributed by atoms with Crippen molar-refractivity contribution in [1.29, 1.82) is 0 Å². The largest absolute Gasteiger partial charge is 0.373 e. The number of likely N-dealkylation sites (N-methyl/N-ethyl adjacent to an activating group) is 1. The van der Waals surface area contributed by atoms with E-state index in [2.05, 4.69) is 30.3 Å². The number of hydrogen-bond donors (Lipinski definition) is 1. The molecule has 2 heterocycles. The third kappa shape index (κ3) is 2.13. The number of aromatic nitrogens is 2. The summed E-state index contributed by atoms with van der Waals surface area (Å²) in [6, 6.07) is 2.27. The molecule has 2 rings (SSSR count). The fourth-order valence-electron chi connectivity index (χ4n) is 2.45. The van der Waals surface area contributed by atoms with Crippen molar-refractivity contribution in [3.05, 3.63) is 18.0 Å². The Bertz CT molecular complexity index is 342. The van der Waals surface area contributed by atoms with Gasteiger partial charge in [0.15, 0.2) is 0 Å². The van der Waals surface area contributed by atoms with Gasteiger partial charge in [-0.2, -0.15) is 5.10 Å². The predicted molar refractivity (Wildman–Crippen MR) is 63.2 cm³/mol. The molecule has 4 nitrogen and oxygen atoms in total. The monoisotopic (exact) mass is 223 g/mol. The molecule has 0 saturated carbocycles. The molecule has 0 aliphatic carbocycles. The van der Waals surface area contributed by atoms with E-state index >= 15 is 0 Å². The first kappa shape index (κ1) is 11.6. The Balaban J connectivity index is 2.22. The highest BCUT2D eigenvalue weighted by Crippen LogP contribution is 2.36. The Morgan fingerprint density at radius 2 is 2.50 bits per heavy atom. The van der Waals surface area contributed by atoms with E-state index in [0.29, 0.717) is 0 Å². The summed E-state index contributed by atoms with van der Waals surface area (Å²) in [4.78, 5) is 0. The van der Waals surface area contributed by atoms with Crippen molar-refractivity contribution < 1.29 is 4.74 Å². The summed E-state index contributed by atoms with van der Waals surface area (Å²) in [5.41, 5.74) is 0.971. The number of nitrogens with zero attached hydrogens (tertiary/aromatic N) is 2. The molecule has 0 bridgehead atoms. The maximum absolute atomic E-state index is 5.91. The Kier molecular flexibility index (Phi) is 3.30. The second kappa shape index (κ2) is 4.55. The van der Waals surface area contributed by atoms with Crippen molar-refractivity contribution in [3.63, 3.8) is 0 Å². The first-order chi connectivity index (χ1) is 7.65. The van der Waals surface area contributed by atoms with Crippen LogP contribution in [0.25, 0.3) is 0 Å². The zero-order chi connectivity index (χ0) is 11.6. The Labute approximate surface area is 97.0 Å². The minimum absolute atomic E-state index is 0.107. The van der Waals surface area contributed by atoms with Crippen LogP contribution < -0.4 is 5.32 Å². The lowest BCUT2D eigenvalue weighted by Crippen LogP contribution is -2.41. The molecule has 90 valence electrons. The molecule has 1 aromatic heterocycles. The van der Waals surface area contributed by atoms with E-state index in [1.165, 1.54) is 0 Å². The van der Waals surface area contributed by atoms with E-state index in [9.17, 15) is 0 Å². The molecule has 1 aliphatic rings. The standard InChI is InChI=1S/C12H21N3O/c1-4-13-11(10-6-8-15(3)14-10)12(2)7-5-9-16-12/h6,8,11,13H,4-5,7,9H2,1-3H3. The Hall–Kier alpha value is -0.870. The van der Waals surface area contributed by atoms with E-state index in [-0.39, 0.29) is 11.6 Å². The van der Waals surface area contributed by atoms with Gasteiger partial charge in [-0.15, -0.1) is 0 Å². The second-order valence-corrected chi connectivity index (χ2v) is 4.67. The van der Waals surface area contributed by atoms with E-state index in [1.807, 2.05) is 17.9 Å². The molecule has 4 heteroatoms. The second-order valence-electron chi connectivity index (χ2n) is 4.67. The molecule has 2 unspecified atom stereocenters. The summed E-state index contributed by atoms with van der Waals surface area (Å²) in [5.74, 6) is 0. The van der Waals surface area contributed by atoms with Crippen LogP contribution in [0.4, 0.5) is 0 Å². The van der Waals surface area contributed by atoms with Gasteiger partial charge in [-0.05, 0) is 32.4 Å². The van der Waals surface area contributed by atoms with Gasteiger partial charge in [0, 0.05) is 19.9 Å². The molecule has 1 N–H and O–H groups in total. The normalized spacial score (nSPS) is 27.2. The molecule has 1 aromatic rings. The highest BCUT2D eigenvalue weighted by molar-refractivity contribution is 5.12. The fraction of sp³-hybridized carbons (Fsp3) is 0.750. The average molecular weight is 223 g/mol. The molecular formula is C12H21N3O. The third-order valence-electron chi connectivity index (χ3n) is 3.30. The van der Waals surface area contributed by atoms with Gasteiger partial charge in [0.1, 0.15) is 0 Å². The molecule has 2 atom stereocenters. The van der Waals surface area contributed by atoms with Crippen LogP contribution in [0, 0.1) is 0 Å². The van der Waals surface area contributed by atoms with Crippen LogP contribution in [0.15, 0.2) is 12.3 Å². The van der Waals surface area contributed by atoms with E-state index in [1.54, 1.807) is 0 Å². The van der Waals surface area contributed by atoms with Gasteiger partial charge in [0.25, 0.3) is 0 Å². The zero-order valence-corrected chi connectivity index (χ0v) is 10.4. The van der Waals surface area contributed by atoms with Gasteiger partial charge in [-0.1, -0.05) is 6.92 Å². The number of rotatable bonds is 4. The van der Waals surface area contributed by atoms with Crippen LogP contribution in [0.2, 0.25) is 0 Å². The van der Waals surface area contributed by atoms with Crippen LogP contribution in [0.1, 0.15) is 38.4 Å². The van der Waals surface area contributed by atoms with Crippen LogP contribution >= 0.6 is 0 Å². The molecule has 1 aliphatic heterocycles.